The first kappa shape index (κ1) is 13.1. The van der Waals surface area contributed by atoms with Crippen molar-refractivity contribution in [3.8, 4) is 5.75 Å². The number of ether oxygens (including phenoxy) is 1. The lowest BCUT2D eigenvalue weighted by atomic mass is 10.0. The average Bonchev–Trinajstić information content (AvgIpc) is 2.65. The van der Waals surface area contributed by atoms with Gasteiger partial charge in [0, 0.05) is 28.7 Å². The van der Waals surface area contributed by atoms with Gasteiger partial charge in [0.05, 0.1) is 29.0 Å². The molecule has 0 atom stereocenters. The second kappa shape index (κ2) is 4.58. The van der Waals surface area contributed by atoms with E-state index < -0.39 is 0 Å². The number of H-pyrrole nitrogens is 2. The lowest BCUT2D eigenvalue weighted by Gasteiger charge is -2.12. The van der Waals surface area contributed by atoms with Crippen molar-refractivity contribution in [2.75, 3.05) is 7.11 Å². The van der Waals surface area contributed by atoms with Gasteiger partial charge in [-0.1, -0.05) is 18.2 Å². The van der Waals surface area contributed by atoms with Gasteiger partial charge < -0.3 is 14.7 Å². The van der Waals surface area contributed by atoms with Crippen molar-refractivity contribution in [3.63, 3.8) is 0 Å². The van der Waals surface area contributed by atoms with Crippen LogP contribution < -0.4 is 10.2 Å². The number of hydrogen-bond donors (Lipinski definition) is 2. The number of benzene rings is 2. The number of pyridine rings is 3. The fourth-order valence-electron chi connectivity index (χ4n) is 3.51. The zero-order chi connectivity index (χ0) is 16.3. The van der Waals surface area contributed by atoms with E-state index in [1.165, 1.54) is 0 Å². The number of hydrogen-bond acceptors (Lipinski definition) is 3. The minimum absolute atomic E-state index is 0.0880. The van der Waals surface area contributed by atoms with E-state index in [1.54, 1.807) is 25.6 Å². The Balaban J connectivity index is 2.21. The Morgan fingerprint density at radius 1 is 1.00 bits per heavy atom. The van der Waals surface area contributed by atoms with Gasteiger partial charge in [0.2, 0.25) is 5.43 Å². The summed E-state index contributed by atoms with van der Waals surface area (Å²) in [5, 5.41) is 3.44. The molecule has 0 radical (unpaired) electrons. The van der Waals surface area contributed by atoms with E-state index in [0.717, 1.165) is 27.2 Å². The smallest absolute Gasteiger partial charge is 0.215 e. The van der Waals surface area contributed by atoms with E-state index in [0.29, 0.717) is 22.2 Å². The summed E-state index contributed by atoms with van der Waals surface area (Å²) < 4.78 is 5.40. The molecule has 5 heteroatoms. The van der Waals surface area contributed by atoms with Crippen LogP contribution in [-0.4, -0.2) is 22.1 Å². The van der Waals surface area contributed by atoms with Crippen LogP contribution in [0.25, 0.3) is 43.6 Å². The van der Waals surface area contributed by atoms with Gasteiger partial charge in [-0.05, 0) is 23.6 Å². The van der Waals surface area contributed by atoms with Gasteiger partial charge in [-0.3, -0.25) is 9.78 Å². The SMILES string of the molecule is COc1cc[nH]c2c1c(=O)c1[nH]c3ccccc3c3ccnc2c13. The second-order valence-electron chi connectivity index (χ2n) is 5.75. The Bertz CT molecular complexity index is 1310. The normalized spacial score (nSPS) is 11.7. The molecule has 5 nitrogen and oxygen atoms in total. The van der Waals surface area contributed by atoms with Crippen molar-refractivity contribution in [2.45, 2.75) is 0 Å². The summed E-state index contributed by atoms with van der Waals surface area (Å²) in [6, 6.07) is 11.7. The fraction of sp³-hybridized carbons (Fsp3) is 0.0526. The first-order valence-electron chi connectivity index (χ1n) is 7.66. The molecule has 5 rings (SSSR count). The Labute approximate surface area is 135 Å². The van der Waals surface area contributed by atoms with E-state index in [9.17, 15) is 4.79 Å². The van der Waals surface area contributed by atoms with Gasteiger partial charge in [-0.2, -0.15) is 0 Å². The molecule has 0 saturated heterocycles. The largest absolute Gasteiger partial charge is 0.496 e. The zero-order valence-corrected chi connectivity index (χ0v) is 12.9. The molecule has 2 aromatic carbocycles. The summed E-state index contributed by atoms with van der Waals surface area (Å²) in [5.74, 6) is 0.541. The lowest BCUT2D eigenvalue weighted by Crippen LogP contribution is -2.08. The second-order valence-corrected chi connectivity index (χ2v) is 5.75. The maximum atomic E-state index is 13.2. The Morgan fingerprint density at radius 2 is 1.88 bits per heavy atom. The summed E-state index contributed by atoms with van der Waals surface area (Å²) in [6.07, 6.45) is 3.54. The van der Waals surface area contributed by atoms with Crippen LogP contribution in [0.15, 0.2) is 53.6 Å². The van der Waals surface area contributed by atoms with Crippen LogP contribution in [0.3, 0.4) is 0 Å². The minimum atomic E-state index is -0.0880. The van der Waals surface area contributed by atoms with Gasteiger partial charge >= 0.3 is 0 Å². The molecule has 0 amide bonds. The molecule has 0 unspecified atom stereocenters. The monoisotopic (exact) mass is 315 g/mol. The summed E-state index contributed by atoms with van der Waals surface area (Å²) in [7, 11) is 1.57. The highest BCUT2D eigenvalue weighted by Gasteiger charge is 2.17. The quantitative estimate of drug-likeness (QED) is 0.366. The molecule has 3 heterocycles. The third kappa shape index (κ3) is 1.53. The van der Waals surface area contributed by atoms with E-state index in [4.69, 9.17) is 4.74 Å². The number of aromatic nitrogens is 3. The highest BCUT2D eigenvalue weighted by atomic mass is 16.5. The van der Waals surface area contributed by atoms with Crippen molar-refractivity contribution in [2.24, 2.45) is 0 Å². The van der Waals surface area contributed by atoms with Crippen LogP contribution >= 0.6 is 0 Å². The van der Waals surface area contributed by atoms with E-state index in [2.05, 4.69) is 15.0 Å². The number of rotatable bonds is 1. The maximum absolute atomic E-state index is 13.2. The van der Waals surface area contributed by atoms with Gasteiger partial charge in [-0.15, -0.1) is 0 Å². The Morgan fingerprint density at radius 3 is 2.75 bits per heavy atom. The summed E-state index contributed by atoms with van der Waals surface area (Å²) in [5.41, 5.74) is 2.85. The van der Waals surface area contributed by atoms with Crippen molar-refractivity contribution < 1.29 is 4.74 Å². The predicted octanol–water partition coefficient (Wildman–Crippen LogP) is 3.72. The topological polar surface area (TPSA) is 70.8 Å². The Hall–Kier alpha value is -3.34. The fourth-order valence-corrected chi connectivity index (χ4v) is 3.51. The predicted molar refractivity (Wildman–Crippen MR) is 95.8 cm³/mol. The van der Waals surface area contributed by atoms with Gasteiger partial charge in [-0.25, -0.2) is 0 Å². The molecule has 0 aliphatic carbocycles. The maximum Gasteiger partial charge on any atom is 0.215 e. The van der Waals surface area contributed by atoms with Crippen molar-refractivity contribution in [1.29, 1.82) is 0 Å². The average molecular weight is 315 g/mol. The first-order chi connectivity index (χ1) is 11.8. The molecule has 24 heavy (non-hydrogen) atoms. The Kier molecular flexibility index (Phi) is 2.51. The van der Waals surface area contributed by atoms with Crippen molar-refractivity contribution in [3.05, 3.63) is 59.0 Å². The summed E-state index contributed by atoms with van der Waals surface area (Å²) in [4.78, 5) is 24.2. The molecule has 0 aliphatic rings. The van der Waals surface area contributed by atoms with E-state index in [1.807, 2.05) is 30.3 Å². The summed E-state index contributed by atoms with van der Waals surface area (Å²) >= 11 is 0. The van der Waals surface area contributed by atoms with Crippen molar-refractivity contribution >= 4 is 43.6 Å². The first-order valence-corrected chi connectivity index (χ1v) is 7.66. The molecule has 116 valence electrons. The number of methoxy groups -OCH3 is 1. The van der Waals surface area contributed by atoms with E-state index in [-0.39, 0.29) is 5.43 Å². The number of aromatic amines is 2. The molecule has 0 saturated carbocycles. The molecule has 3 aromatic heterocycles. The van der Waals surface area contributed by atoms with Gasteiger partial charge in [0.15, 0.2) is 0 Å². The summed E-state index contributed by atoms with van der Waals surface area (Å²) in [6.45, 7) is 0. The van der Waals surface area contributed by atoms with Crippen LogP contribution in [0.1, 0.15) is 0 Å². The molecule has 2 N–H and O–H groups in total. The van der Waals surface area contributed by atoms with Crippen LogP contribution in [0.4, 0.5) is 0 Å². The number of nitrogens with one attached hydrogen (secondary N) is 2. The van der Waals surface area contributed by atoms with Gasteiger partial charge in [0.1, 0.15) is 5.75 Å². The lowest BCUT2D eigenvalue weighted by molar-refractivity contribution is 0.419. The molecule has 0 spiro atoms. The van der Waals surface area contributed by atoms with Crippen LogP contribution in [0.2, 0.25) is 0 Å². The highest BCUT2D eigenvalue weighted by Crippen LogP contribution is 2.33. The third-order valence-corrected chi connectivity index (χ3v) is 4.55. The third-order valence-electron chi connectivity index (χ3n) is 4.55. The van der Waals surface area contributed by atoms with Crippen LogP contribution in [0, 0.1) is 0 Å². The number of para-hydroxylation sites is 1. The van der Waals surface area contributed by atoms with E-state index >= 15 is 0 Å². The number of nitrogens with zero attached hydrogens (tertiary/aromatic N) is 1. The molecule has 0 fully saturated rings. The molecular formula is C19H13N3O2. The molecule has 0 bridgehead atoms. The molecular weight excluding hydrogens is 302 g/mol. The highest BCUT2D eigenvalue weighted by molar-refractivity contribution is 6.23. The standard InChI is InChI=1S/C19H13N3O2/c1-24-13-7-9-21-17-15(13)19(23)18-14-11(6-8-20-16(14)17)10-4-2-3-5-12(10)22-18/h2-9,21-22H,1H3. The molecule has 5 aromatic rings. The van der Waals surface area contributed by atoms with Crippen molar-refractivity contribution in [1.82, 2.24) is 15.0 Å². The van der Waals surface area contributed by atoms with Crippen LogP contribution in [0.5, 0.6) is 5.75 Å². The zero-order valence-electron chi connectivity index (χ0n) is 12.9. The van der Waals surface area contributed by atoms with Crippen LogP contribution in [-0.2, 0) is 0 Å². The minimum Gasteiger partial charge on any atom is -0.496 e. The molecule has 0 aliphatic heterocycles. The van der Waals surface area contributed by atoms with Gasteiger partial charge in [0.25, 0.3) is 0 Å². The number of fused-ring (bicyclic) bond motifs is 4.